The first-order chi connectivity index (χ1) is 18.0. The van der Waals surface area contributed by atoms with Crippen molar-refractivity contribution in [3.05, 3.63) is 98.7 Å². The van der Waals surface area contributed by atoms with Gasteiger partial charge in [-0.1, -0.05) is 60.3 Å². The van der Waals surface area contributed by atoms with Gasteiger partial charge in [0.2, 0.25) is 5.91 Å². The maximum Gasteiger partial charge on any atom is 0.416 e. The van der Waals surface area contributed by atoms with Crippen LogP contribution in [0.25, 0.3) is 0 Å². The first kappa shape index (κ1) is 28.9. The number of thioether (sulfide) groups is 1. The van der Waals surface area contributed by atoms with Crippen LogP contribution in [0.4, 0.5) is 18.9 Å². The fourth-order valence-corrected chi connectivity index (χ4v) is 4.94. The lowest BCUT2D eigenvalue weighted by Gasteiger charge is -2.30. The number of anilines is 1. The molecule has 2 N–H and O–H groups in total. The number of carbonyl (C=O) groups excluding carboxylic acids is 2. The summed E-state index contributed by atoms with van der Waals surface area (Å²) in [6.45, 7) is 6.60. The molecule has 6 nitrogen and oxygen atoms in total. The predicted molar refractivity (Wildman–Crippen MR) is 141 cm³/mol. The van der Waals surface area contributed by atoms with Crippen molar-refractivity contribution in [2.75, 3.05) is 17.7 Å². The summed E-state index contributed by atoms with van der Waals surface area (Å²) in [6, 6.07) is 11.7. The highest BCUT2D eigenvalue weighted by Crippen LogP contribution is 2.45. The van der Waals surface area contributed by atoms with Crippen LogP contribution in [0, 0.1) is 18.3 Å². The smallest absolute Gasteiger partial charge is 0.416 e. The second-order valence-electron chi connectivity index (χ2n) is 8.22. The van der Waals surface area contributed by atoms with E-state index in [0.29, 0.717) is 10.7 Å². The second kappa shape index (κ2) is 12.2. The van der Waals surface area contributed by atoms with Crippen LogP contribution in [-0.4, -0.2) is 24.2 Å². The average Bonchev–Trinajstić information content (AvgIpc) is 2.87. The number of halogens is 4. The van der Waals surface area contributed by atoms with Gasteiger partial charge in [0.25, 0.3) is 0 Å². The Hall–Kier alpha value is -3.68. The molecule has 2 aromatic carbocycles. The number of hydrogen-bond acceptors (Lipinski definition) is 6. The van der Waals surface area contributed by atoms with Gasteiger partial charge in [0.05, 0.1) is 39.5 Å². The van der Waals surface area contributed by atoms with E-state index in [1.807, 2.05) is 6.07 Å². The van der Waals surface area contributed by atoms with Crippen LogP contribution >= 0.6 is 23.4 Å². The highest BCUT2D eigenvalue weighted by atomic mass is 35.5. The standard InChI is InChI=1S/C27H23ClF3N3O3S/c1-4-11-37-26(36)23-16(3)33-25(38-14-22(35)34-21-12-17(28)10-9-15(21)2)19(13-32)24(23)18-7-5-6-8-20(18)27(29,30)31/h4-10,12,24,33H,1,11,14H2,2-3H3,(H,34,35)/t24-/m1/s1. The van der Waals surface area contributed by atoms with E-state index >= 15 is 0 Å². The number of benzene rings is 2. The molecule has 1 heterocycles. The minimum atomic E-state index is -4.74. The molecule has 1 aliphatic heterocycles. The average molecular weight is 562 g/mol. The lowest BCUT2D eigenvalue weighted by atomic mass is 9.80. The van der Waals surface area contributed by atoms with Gasteiger partial charge in [-0.2, -0.15) is 18.4 Å². The molecular weight excluding hydrogens is 539 g/mol. The summed E-state index contributed by atoms with van der Waals surface area (Å²) in [5.41, 5.74) is -0.0491. The Morgan fingerprint density at radius 1 is 1.26 bits per heavy atom. The number of dihydropyridines is 1. The summed E-state index contributed by atoms with van der Waals surface area (Å²) in [7, 11) is 0. The van der Waals surface area contributed by atoms with Crippen molar-refractivity contribution in [2.24, 2.45) is 0 Å². The number of alkyl halides is 3. The van der Waals surface area contributed by atoms with Crippen molar-refractivity contribution in [1.82, 2.24) is 5.32 Å². The van der Waals surface area contributed by atoms with Crippen LogP contribution in [0.3, 0.4) is 0 Å². The Balaban J connectivity index is 2.01. The fourth-order valence-electron chi connectivity index (χ4n) is 3.88. The number of carbonyl (C=O) groups is 2. The molecule has 3 rings (SSSR count). The Morgan fingerprint density at radius 3 is 2.63 bits per heavy atom. The van der Waals surface area contributed by atoms with Gasteiger partial charge < -0.3 is 15.4 Å². The molecule has 0 unspecified atom stereocenters. The van der Waals surface area contributed by atoms with Crippen LogP contribution in [0.1, 0.15) is 29.5 Å². The molecule has 0 spiro atoms. The van der Waals surface area contributed by atoms with Crippen LogP contribution in [0.5, 0.6) is 0 Å². The highest BCUT2D eigenvalue weighted by Gasteiger charge is 2.41. The molecule has 0 saturated heterocycles. The zero-order chi connectivity index (χ0) is 28.0. The maximum absolute atomic E-state index is 14.0. The monoisotopic (exact) mass is 561 g/mol. The van der Waals surface area contributed by atoms with Crippen molar-refractivity contribution in [2.45, 2.75) is 25.9 Å². The Bertz CT molecular complexity index is 1380. The third kappa shape index (κ3) is 6.60. The van der Waals surface area contributed by atoms with E-state index in [2.05, 4.69) is 17.2 Å². The van der Waals surface area contributed by atoms with Gasteiger partial charge in [-0.3, -0.25) is 4.79 Å². The molecule has 1 atom stereocenters. The van der Waals surface area contributed by atoms with E-state index in [0.717, 1.165) is 23.4 Å². The summed E-state index contributed by atoms with van der Waals surface area (Å²) in [4.78, 5) is 25.6. The quantitative estimate of drug-likeness (QED) is 0.284. The maximum atomic E-state index is 14.0. The van der Waals surface area contributed by atoms with Crippen LogP contribution in [0.15, 0.2) is 77.0 Å². The topological polar surface area (TPSA) is 91.2 Å². The molecule has 11 heteroatoms. The minimum Gasteiger partial charge on any atom is -0.458 e. The highest BCUT2D eigenvalue weighted by molar-refractivity contribution is 8.03. The number of esters is 1. The van der Waals surface area contributed by atoms with E-state index in [9.17, 15) is 28.0 Å². The van der Waals surface area contributed by atoms with E-state index < -0.39 is 29.5 Å². The van der Waals surface area contributed by atoms with Crippen molar-refractivity contribution < 1.29 is 27.5 Å². The van der Waals surface area contributed by atoms with Crippen LogP contribution < -0.4 is 10.6 Å². The van der Waals surface area contributed by atoms with Gasteiger partial charge >= 0.3 is 12.1 Å². The Morgan fingerprint density at radius 2 is 1.97 bits per heavy atom. The molecule has 2 aromatic rings. The van der Waals surface area contributed by atoms with Gasteiger partial charge in [0.1, 0.15) is 6.61 Å². The van der Waals surface area contributed by atoms with Gasteiger partial charge in [-0.15, -0.1) is 0 Å². The summed E-state index contributed by atoms with van der Waals surface area (Å²) < 4.78 is 47.0. The van der Waals surface area contributed by atoms with Gasteiger partial charge in [0, 0.05) is 16.4 Å². The third-order valence-corrected chi connectivity index (χ3v) is 6.85. The molecule has 0 radical (unpaired) electrons. The second-order valence-corrected chi connectivity index (χ2v) is 9.64. The largest absolute Gasteiger partial charge is 0.458 e. The lowest BCUT2D eigenvalue weighted by molar-refractivity contribution is -0.140. The molecule has 1 amide bonds. The number of ether oxygens (including phenoxy) is 1. The molecule has 0 saturated carbocycles. The lowest BCUT2D eigenvalue weighted by Crippen LogP contribution is -2.30. The van der Waals surface area contributed by atoms with Crippen LogP contribution in [-0.2, 0) is 20.5 Å². The van der Waals surface area contributed by atoms with Crippen molar-refractivity contribution in [3.8, 4) is 6.07 Å². The first-order valence-corrected chi connectivity index (χ1v) is 12.6. The number of allylic oxidation sites excluding steroid dienone is 2. The third-order valence-electron chi connectivity index (χ3n) is 5.60. The number of nitrogens with zero attached hydrogens (tertiary/aromatic N) is 1. The van der Waals surface area contributed by atoms with Gasteiger partial charge in [-0.05, 0) is 43.2 Å². The SMILES string of the molecule is C=CCOC(=O)C1=C(C)NC(SCC(=O)Nc2cc(Cl)ccc2C)=C(C#N)[C@H]1c1ccccc1C(F)(F)F. The van der Waals surface area contributed by atoms with Crippen molar-refractivity contribution in [3.63, 3.8) is 0 Å². The van der Waals surface area contributed by atoms with Crippen LogP contribution in [0.2, 0.25) is 5.02 Å². The predicted octanol–water partition coefficient (Wildman–Crippen LogP) is 6.46. The summed E-state index contributed by atoms with van der Waals surface area (Å²) in [5.74, 6) is -2.85. The van der Waals surface area contributed by atoms with Gasteiger partial charge in [-0.25, -0.2) is 4.79 Å². The minimum absolute atomic E-state index is 0.136. The molecule has 1 aliphatic rings. The number of amides is 1. The number of nitrogens with one attached hydrogen (secondary N) is 2. The first-order valence-electron chi connectivity index (χ1n) is 11.2. The van der Waals surface area contributed by atoms with E-state index in [1.54, 1.807) is 25.1 Å². The molecule has 38 heavy (non-hydrogen) atoms. The summed E-state index contributed by atoms with van der Waals surface area (Å²) >= 11 is 6.94. The normalized spacial score (nSPS) is 15.4. The molecule has 0 aromatic heterocycles. The molecular formula is C27H23ClF3N3O3S. The number of rotatable bonds is 8. The van der Waals surface area contributed by atoms with Gasteiger partial charge in [0.15, 0.2) is 0 Å². The zero-order valence-corrected chi connectivity index (χ0v) is 22.0. The molecule has 0 aliphatic carbocycles. The van der Waals surface area contributed by atoms with Crippen molar-refractivity contribution >= 4 is 40.9 Å². The summed E-state index contributed by atoms with van der Waals surface area (Å²) in [6.07, 6.45) is -3.42. The Labute approximate surface area is 227 Å². The summed E-state index contributed by atoms with van der Waals surface area (Å²) in [5, 5.41) is 16.3. The van der Waals surface area contributed by atoms with Crippen molar-refractivity contribution in [1.29, 1.82) is 5.26 Å². The van der Waals surface area contributed by atoms with E-state index in [4.69, 9.17) is 16.3 Å². The number of nitriles is 1. The number of hydrogen-bond donors (Lipinski definition) is 2. The fraction of sp³-hybridized carbons (Fsp3) is 0.222. The zero-order valence-electron chi connectivity index (χ0n) is 20.4. The molecule has 0 fully saturated rings. The number of aryl methyl sites for hydroxylation is 1. The van der Waals surface area contributed by atoms with E-state index in [1.165, 1.54) is 31.2 Å². The Kier molecular flexibility index (Phi) is 9.31. The molecule has 198 valence electrons. The molecule has 0 bridgehead atoms. The van der Waals surface area contributed by atoms with E-state index in [-0.39, 0.29) is 39.8 Å².